The number of benzene rings is 3. The predicted molar refractivity (Wildman–Crippen MR) is 107 cm³/mol. The average molecular weight is 376 g/mol. The Labute approximate surface area is 163 Å². The van der Waals surface area contributed by atoms with Crippen LogP contribution in [0, 0.1) is 5.82 Å². The zero-order chi connectivity index (χ0) is 19.3. The van der Waals surface area contributed by atoms with Gasteiger partial charge in [0.1, 0.15) is 17.7 Å². The molecular formula is C23H21FN2O2. The molecule has 0 aliphatic carbocycles. The molecule has 0 saturated carbocycles. The lowest BCUT2D eigenvalue weighted by Crippen LogP contribution is -2.32. The van der Waals surface area contributed by atoms with Gasteiger partial charge in [-0.25, -0.2) is 4.39 Å². The fraction of sp³-hybridized carbons (Fsp3) is 0.261. The van der Waals surface area contributed by atoms with E-state index in [9.17, 15) is 9.18 Å². The molecule has 142 valence electrons. The highest BCUT2D eigenvalue weighted by molar-refractivity contribution is 6.02. The first-order valence-electron chi connectivity index (χ1n) is 9.59. The lowest BCUT2D eigenvalue weighted by atomic mass is 10.00. The Kier molecular flexibility index (Phi) is 4.05. The summed E-state index contributed by atoms with van der Waals surface area (Å²) in [6.45, 7) is 0.852. The third kappa shape index (κ3) is 2.50. The van der Waals surface area contributed by atoms with Gasteiger partial charge in [-0.2, -0.15) is 0 Å². The molecule has 0 unspecified atom stereocenters. The second-order valence-electron chi connectivity index (χ2n) is 7.36. The molecule has 0 bridgehead atoms. The molecule has 2 saturated heterocycles. The molecule has 2 fully saturated rings. The van der Waals surface area contributed by atoms with E-state index in [-0.39, 0.29) is 23.9 Å². The lowest BCUT2D eigenvalue weighted by Gasteiger charge is -2.31. The minimum Gasteiger partial charge on any atom is -0.496 e. The molecule has 1 amide bonds. The lowest BCUT2D eigenvalue weighted by molar-refractivity contribution is -0.119. The number of anilines is 1. The summed E-state index contributed by atoms with van der Waals surface area (Å²) in [5.41, 5.74) is 1.70. The predicted octanol–water partition coefficient (Wildman–Crippen LogP) is 4.50. The first-order chi connectivity index (χ1) is 13.7. The second kappa shape index (κ2) is 6.60. The first-order valence-corrected chi connectivity index (χ1v) is 9.59. The molecule has 2 atom stereocenters. The summed E-state index contributed by atoms with van der Waals surface area (Å²) < 4.78 is 19.2. The Bertz CT molecular complexity index is 1050. The van der Waals surface area contributed by atoms with Crippen molar-refractivity contribution in [3.05, 3.63) is 72.0 Å². The fourth-order valence-corrected chi connectivity index (χ4v) is 4.66. The number of methoxy groups -OCH3 is 1. The number of fused-ring (bicyclic) bond motifs is 2. The zero-order valence-electron chi connectivity index (χ0n) is 15.6. The third-order valence-electron chi connectivity index (χ3n) is 5.89. The fourth-order valence-electron chi connectivity index (χ4n) is 4.66. The number of hydrogen-bond donors (Lipinski definition) is 0. The summed E-state index contributed by atoms with van der Waals surface area (Å²) in [5, 5.41) is 2.17. The summed E-state index contributed by atoms with van der Waals surface area (Å²) in [6, 6.07) is 18.2. The van der Waals surface area contributed by atoms with Crippen LogP contribution in [0.15, 0.2) is 60.7 Å². The van der Waals surface area contributed by atoms with Crippen LogP contribution in [0.4, 0.5) is 10.1 Å². The molecule has 0 N–H and O–H groups in total. The van der Waals surface area contributed by atoms with Crippen LogP contribution in [-0.4, -0.2) is 30.5 Å². The number of carbonyl (C=O) groups excluding carboxylic acids is 1. The molecule has 5 rings (SSSR count). The number of nitrogens with zero attached hydrogens (tertiary/aromatic N) is 2. The van der Waals surface area contributed by atoms with Crippen LogP contribution >= 0.6 is 0 Å². The molecular weight excluding hydrogens is 355 g/mol. The highest BCUT2D eigenvalue weighted by Gasteiger charge is 2.50. The summed E-state index contributed by atoms with van der Waals surface area (Å²) in [7, 11) is 1.66. The number of carbonyl (C=O) groups is 1. The zero-order valence-corrected chi connectivity index (χ0v) is 15.6. The highest BCUT2D eigenvalue weighted by atomic mass is 19.1. The number of hydrogen-bond acceptors (Lipinski definition) is 3. The average Bonchev–Trinajstić information content (AvgIpc) is 3.30. The van der Waals surface area contributed by atoms with Gasteiger partial charge in [0.2, 0.25) is 5.91 Å². The van der Waals surface area contributed by atoms with Gasteiger partial charge < -0.3 is 4.74 Å². The quantitative estimate of drug-likeness (QED) is 0.675. The van der Waals surface area contributed by atoms with Crippen LogP contribution < -0.4 is 9.64 Å². The van der Waals surface area contributed by atoms with Gasteiger partial charge in [-0.1, -0.05) is 30.3 Å². The maximum Gasteiger partial charge on any atom is 0.246 e. The SMILES string of the molecule is COc1ccc2ccccc2c1[C@@H]1N(c2ccc(F)cc2)C(=O)[C@H]2CCCN21. The Morgan fingerprint density at radius 2 is 1.82 bits per heavy atom. The first kappa shape index (κ1) is 17.2. The van der Waals surface area contributed by atoms with Crippen LogP contribution in [0.1, 0.15) is 24.6 Å². The van der Waals surface area contributed by atoms with E-state index in [1.54, 1.807) is 19.2 Å². The van der Waals surface area contributed by atoms with Gasteiger partial charge in [-0.15, -0.1) is 0 Å². The van der Waals surface area contributed by atoms with Crippen LogP contribution in [0.2, 0.25) is 0 Å². The Morgan fingerprint density at radius 3 is 2.61 bits per heavy atom. The van der Waals surface area contributed by atoms with Gasteiger partial charge in [0.15, 0.2) is 0 Å². The van der Waals surface area contributed by atoms with Gasteiger partial charge in [-0.3, -0.25) is 14.6 Å². The Balaban J connectivity index is 1.75. The van der Waals surface area contributed by atoms with Gasteiger partial charge in [0.05, 0.1) is 13.2 Å². The molecule has 2 heterocycles. The van der Waals surface area contributed by atoms with E-state index in [2.05, 4.69) is 17.0 Å². The highest BCUT2D eigenvalue weighted by Crippen LogP contribution is 2.47. The van der Waals surface area contributed by atoms with Crippen molar-refractivity contribution in [2.75, 3.05) is 18.6 Å². The molecule has 4 nitrogen and oxygen atoms in total. The summed E-state index contributed by atoms with van der Waals surface area (Å²) in [6.07, 6.45) is 1.57. The molecule has 3 aromatic rings. The van der Waals surface area contributed by atoms with E-state index in [0.717, 1.165) is 41.5 Å². The van der Waals surface area contributed by atoms with Gasteiger partial charge in [-0.05, 0) is 53.9 Å². The maximum atomic E-state index is 13.5. The van der Waals surface area contributed by atoms with Crippen LogP contribution in [0.25, 0.3) is 10.8 Å². The second-order valence-corrected chi connectivity index (χ2v) is 7.36. The molecule has 3 aromatic carbocycles. The summed E-state index contributed by atoms with van der Waals surface area (Å²) in [5.74, 6) is 0.524. The standard InChI is InChI=1S/C23H21FN2O2/c1-28-20-13-8-15-5-2-3-6-18(15)21(20)22-25-14-4-7-19(25)23(27)26(22)17-11-9-16(24)10-12-17/h2-3,5-6,8-13,19,22H,4,7,14H2,1H3/t19-,22+/m1/s1. The molecule has 0 aromatic heterocycles. The number of halogens is 1. The van der Waals surface area contributed by atoms with Gasteiger partial charge in [0, 0.05) is 17.8 Å². The summed E-state index contributed by atoms with van der Waals surface area (Å²) >= 11 is 0. The smallest absolute Gasteiger partial charge is 0.246 e. The van der Waals surface area contributed by atoms with Crippen LogP contribution in [0.5, 0.6) is 5.75 Å². The molecule has 2 aliphatic heterocycles. The Morgan fingerprint density at radius 1 is 1.04 bits per heavy atom. The normalized spacial score (nSPS) is 22.1. The largest absolute Gasteiger partial charge is 0.496 e. The molecule has 0 radical (unpaired) electrons. The minimum atomic E-state index is -0.310. The van der Waals surface area contributed by atoms with Gasteiger partial charge in [0.25, 0.3) is 0 Å². The van der Waals surface area contributed by atoms with Crippen molar-refractivity contribution in [1.82, 2.24) is 4.90 Å². The van der Waals surface area contributed by atoms with Crippen molar-refractivity contribution < 1.29 is 13.9 Å². The Hall–Kier alpha value is -2.92. The van der Waals surface area contributed by atoms with Crippen molar-refractivity contribution in [3.63, 3.8) is 0 Å². The number of amides is 1. The molecule has 2 aliphatic rings. The van der Waals surface area contributed by atoms with E-state index in [0.29, 0.717) is 5.69 Å². The number of ether oxygens (including phenoxy) is 1. The van der Waals surface area contributed by atoms with Gasteiger partial charge >= 0.3 is 0 Å². The minimum absolute atomic E-state index is 0.0732. The van der Waals surface area contributed by atoms with Crippen LogP contribution in [0.3, 0.4) is 0 Å². The molecule has 28 heavy (non-hydrogen) atoms. The molecule has 5 heteroatoms. The van der Waals surface area contributed by atoms with E-state index >= 15 is 0 Å². The third-order valence-corrected chi connectivity index (χ3v) is 5.89. The maximum absolute atomic E-state index is 13.5. The van der Waals surface area contributed by atoms with Crippen molar-refractivity contribution in [2.24, 2.45) is 0 Å². The van der Waals surface area contributed by atoms with Crippen molar-refractivity contribution in [2.45, 2.75) is 25.0 Å². The van der Waals surface area contributed by atoms with E-state index in [1.807, 2.05) is 29.2 Å². The van der Waals surface area contributed by atoms with E-state index in [1.165, 1.54) is 12.1 Å². The van der Waals surface area contributed by atoms with E-state index < -0.39 is 0 Å². The van der Waals surface area contributed by atoms with Crippen molar-refractivity contribution in [3.8, 4) is 5.75 Å². The van der Waals surface area contributed by atoms with Crippen molar-refractivity contribution in [1.29, 1.82) is 0 Å². The monoisotopic (exact) mass is 376 g/mol. The topological polar surface area (TPSA) is 32.8 Å². The van der Waals surface area contributed by atoms with E-state index in [4.69, 9.17) is 4.74 Å². The van der Waals surface area contributed by atoms with Crippen molar-refractivity contribution >= 4 is 22.4 Å². The number of rotatable bonds is 3. The van der Waals surface area contributed by atoms with Crippen LogP contribution in [-0.2, 0) is 4.79 Å². The summed E-state index contributed by atoms with van der Waals surface area (Å²) in [4.78, 5) is 17.4. The molecule has 0 spiro atoms.